The van der Waals surface area contributed by atoms with Gasteiger partial charge in [-0.2, -0.15) is 30.2 Å². The summed E-state index contributed by atoms with van der Waals surface area (Å²) in [4.78, 5) is 76.5. The van der Waals surface area contributed by atoms with Crippen molar-refractivity contribution in [2.45, 2.75) is 20.0 Å². The molecule has 6 heterocycles. The van der Waals surface area contributed by atoms with Gasteiger partial charge in [0.15, 0.2) is 17.5 Å². The first-order valence-electron chi connectivity index (χ1n) is 29.1. The van der Waals surface area contributed by atoms with Crippen molar-refractivity contribution in [2.24, 2.45) is 7.05 Å². The Hall–Kier alpha value is -13.0. The minimum atomic E-state index is -0.426. The molecule has 0 saturated heterocycles. The first-order valence-corrected chi connectivity index (χ1v) is 29.9. The van der Waals surface area contributed by atoms with E-state index in [1.54, 1.807) is 138 Å². The van der Waals surface area contributed by atoms with Crippen LogP contribution < -0.4 is 52.6 Å². The maximum Gasteiger partial charge on any atom is 0.257 e. The Kier molecular flexibility index (Phi) is 20.1. The lowest BCUT2D eigenvalue weighted by Gasteiger charge is -2.16. The monoisotopic (exact) mass is 1320 g/mol. The highest BCUT2D eigenvalue weighted by Crippen LogP contribution is 2.33. The van der Waals surface area contributed by atoms with Crippen LogP contribution in [0.5, 0.6) is 11.6 Å². The lowest BCUT2D eigenvalue weighted by molar-refractivity contribution is -0.112. The van der Waals surface area contributed by atoms with E-state index in [9.17, 15) is 19.2 Å². The molecule has 11 rings (SSSR count). The van der Waals surface area contributed by atoms with E-state index >= 15 is 0 Å². The molecule has 0 atom stereocenters. The predicted octanol–water partition coefficient (Wildman–Crippen LogP) is 12.5. The van der Waals surface area contributed by atoms with Crippen molar-refractivity contribution in [3.8, 4) is 23.5 Å². The molecule has 0 bridgehead atoms. The third kappa shape index (κ3) is 17.3. The van der Waals surface area contributed by atoms with Gasteiger partial charge in [0, 0.05) is 77.7 Å². The highest BCUT2D eigenvalue weighted by Gasteiger charge is 2.18. The Morgan fingerprint density at radius 2 is 1.17 bits per heavy atom. The minimum Gasteiger partial charge on any atom is -0.437 e. The molecule has 0 spiro atoms. The maximum atomic E-state index is 14.0. The molecule has 0 fully saturated rings. The van der Waals surface area contributed by atoms with Crippen LogP contribution in [0.1, 0.15) is 38.3 Å². The second kappa shape index (κ2) is 30.0. The summed E-state index contributed by atoms with van der Waals surface area (Å²) in [5.41, 5.74) is 9.27. The van der Waals surface area contributed by atoms with Crippen molar-refractivity contribution in [3.63, 3.8) is 0 Å². The van der Waals surface area contributed by atoms with Crippen molar-refractivity contribution in [1.29, 1.82) is 0 Å². The lowest BCUT2D eigenvalue weighted by atomic mass is 10.1. The van der Waals surface area contributed by atoms with Crippen LogP contribution in [0.2, 0.25) is 10.0 Å². The topological polar surface area (TPSA) is 317 Å². The minimum absolute atomic E-state index is 0.186. The zero-order chi connectivity index (χ0) is 67.1. The van der Waals surface area contributed by atoms with Gasteiger partial charge in [0.2, 0.25) is 29.6 Å². The van der Waals surface area contributed by atoms with Gasteiger partial charge >= 0.3 is 0 Å². The molecular formula is C68H57Cl2N21O5. The fourth-order valence-corrected chi connectivity index (χ4v) is 9.35. The first-order chi connectivity index (χ1) is 46.5. The Morgan fingerprint density at radius 1 is 0.583 bits per heavy atom. The summed E-state index contributed by atoms with van der Waals surface area (Å²) in [5.74, 6) is 7.45. The summed E-state index contributed by atoms with van der Waals surface area (Å²) >= 11 is 13.3. The summed E-state index contributed by atoms with van der Waals surface area (Å²) in [5, 5.41) is 41.3. The van der Waals surface area contributed by atoms with Gasteiger partial charge in [0.25, 0.3) is 5.91 Å². The molecule has 5 aromatic carbocycles. The largest absolute Gasteiger partial charge is 0.437 e. The van der Waals surface area contributed by atoms with Crippen LogP contribution in [0.15, 0.2) is 202 Å². The summed E-state index contributed by atoms with van der Waals surface area (Å²) in [6, 6.07) is 32.2. The zero-order valence-corrected chi connectivity index (χ0v) is 52.7. The smallest absolute Gasteiger partial charge is 0.257 e. The number of nitrogens with zero attached hydrogens (tertiary/aromatic N) is 12. The molecule has 478 valence electrons. The summed E-state index contributed by atoms with van der Waals surface area (Å²) < 4.78 is 11.2. The molecule has 11 aromatic rings. The molecule has 0 radical (unpaired) electrons. The van der Waals surface area contributed by atoms with Crippen molar-refractivity contribution in [3.05, 3.63) is 246 Å². The standard InChI is InChI=1S/C68H57Cl2N21O5/c1-6-61(93)79-49-9-8-10-54(25-49)96-66-42(4)71-34-60(86-66)78-52-30-76-90(38-52)35-44-13-11-43(12-14-44)15-18-46-19-22-50(80-62(94)7-2)27-58(46)84-63-56(69)32-74-68(87-63)83-53-31-77-91(39-53)36-45-16-20-47(21-17-45)81-65(95)55-24-23-48(72-28-41(3)40-92)26-59(55)85-64-57(70)33-73-67(88-64)82-51-29-75-89(5)37-51/h6-14,16-17,19-27,29-34,37-40,72H,1-3,28,35-36H2,4-5H3,(H,78,86)(H,79,93)(H,80,94)(H,81,95)(H2,73,82,85,88)(H2,74,83,84,87). The van der Waals surface area contributed by atoms with E-state index in [1.165, 1.54) is 24.5 Å². The lowest BCUT2D eigenvalue weighted by Crippen LogP contribution is -2.15. The van der Waals surface area contributed by atoms with Gasteiger partial charge in [-0.3, -0.25) is 38.2 Å². The summed E-state index contributed by atoms with van der Waals surface area (Å²) in [6.45, 7) is 13.6. The van der Waals surface area contributed by atoms with Gasteiger partial charge in [-0.05, 0) is 103 Å². The second-order valence-electron chi connectivity index (χ2n) is 21.1. The van der Waals surface area contributed by atoms with Crippen LogP contribution in [0.3, 0.4) is 0 Å². The van der Waals surface area contributed by atoms with Crippen LogP contribution in [0.4, 0.5) is 80.5 Å². The maximum absolute atomic E-state index is 14.0. The van der Waals surface area contributed by atoms with Gasteiger partial charge in [-0.15, -0.1) is 0 Å². The predicted molar refractivity (Wildman–Crippen MR) is 371 cm³/mol. The molecule has 0 aliphatic heterocycles. The number of amides is 3. The molecule has 0 unspecified atom stereocenters. The van der Waals surface area contributed by atoms with Crippen molar-refractivity contribution in [2.75, 3.05) is 54.4 Å². The number of anilines is 14. The number of hydrogen-bond acceptors (Lipinski definition) is 20. The number of aromatic nitrogens is 12. The Morgan fingerprint density at radius 3 is 1.80 bits per heavy atom. The Bertz CT molecular complexity index is 4830. The molecule has 26 nitrogen and oxygen atoms in total. The van der Waals surface area contributed by atoms with Crippen LogP contribution >= 0.6 is 23.2 Å². The summed E-state index contributed by atoms with van der Waals surface area (Å²) in [6.07, 6.45) is 17.8. The number of carbonyl (C=O) groups is 4. The molecule has 9 N–H and O–H groups in total. The van der Waals surface area contributed by atoms with E-state index in [0.717, 1.165) is 16.7 Å². The van der Waals surface area contributed by atoms with E-state index in [1.807, 2.05) is 42.6 Å². The number of benzene rings is 5. The molecule has 28 heteroatoms. The number of hydrogen-bond donors (Lipinski definition) is 9. The van der Waals surface area contributed by atoms with Crippen molar-refractivity contribution in [1.82, 2.24) is 59.2 Å². The van der Waals surface area contributed by atoms with Crippen molar-refractivity contribution >= 4 is 128 Å². The molecule has 0 saturated carbocycles. The number of nitrogens with one attached hydrogen (secondary N) is 9. The second-order valence-corrected chi connectivity index (χ2v) is 21.9. The van der Waals surface area contributed by atoms with Crippen molar-refractivity contribution < 1.29 is 23.9 Å². The molecule has 0 aliphatic carbocycles. The van der Waals surface area contributed by atoms with E-state index in [0.29, 0.717) is 99.0 Å². The molecule has 6 aromatic heterocycles. The average Bonchev–Trinajstić information content (AvgIpc) is 1.03. The third-order valence-corrected chi connectivity index (χ3v) is 14.3. The highest BCUT2D eigenvalue weighted by molar-refractivity contribution is 6.33. The van der Waals surface area contributed by atoms with Gasteiger partial charge in [0.1, 0.15) is 22.1 Å². The van der Waals surface area contributed by atoms with E-state index < -0.39 is 11.8 Å². The summed E-state index contributed by atoms with van der Waals surface area (Å²) in [7, 11) is 1.79. The number of halogens is 2. The quantitative estimate of drug-likeness (QED) is 0.0138. The average molecular weight is 1320 g/mol. The van der Waals surface area contributed by atoms with Gasteiger partial charge in [-0.25, -0.2) is 9.97 Å². The normalized spacial score (nSPS) is 10.6. The molecule has 3 amide bonds. The molecular weight excluding hydrogens is 1260 g/mol. The Labute approximate surface area is 559 Å². The number of aldehydes is 1. The number of ether oxygens (including phenoxy) is 1. The van der Waals surface area contributed by atoms with Gasteiger partial charge < -0.3 is 52.6 Å². The van der Waals surface area contributed by atoms with Crippen LogP contribution in [0, 0.1) is 18.8 Å². The fraction of sp³-hybridized carbons (Fsp3) is 0.0735. The van der Waals surface area contributed by atoms with E-state index in [4.69, 9.17) is 27.9 Å². The number of aryl methyl sites for hydroxylation is 2. The molecule has 0 aliphatic rings. The Balaban J connectivity index is 0.712. The molecule has 96 heavy (non-hydrogen) atoms. The van der Waals surface area contributed by atoms with E-state index in [-0.39, 0.29) is 57.5 Å². The van der Waals surface area contributed by atoms with E-state index in [2.05, 4.69) is 125 Å². The van der Waals surface area contributed by atoms with Crippen LogP contribution in [-0.4, -0.2) is 89.8 Å². The SMILES string of the molecule is C=CC(=O)Nc1cccc(Oc2nc(Nc3cnn(Cc4ccc(C#Cc5ccc(NC(=O)C=C)cc5Nc5nc(Nc6cnn(Cc7ccc(NC(=O)c8ccc(NCC(=C)C=O)cc8Nc8nc(Nc9cnn(C)c9)ncc8Cl)cc7)c6)ncc5Cl)cc4)c3)cnc2C)c1. The van der Waals surface area contributed by atoms with Gasteiger partial charge in [-0.1, -0.05) is 85.1 Å². The zero-order valence-electron chi connectivity index (χ0n) is 51.2. The van der Waals surface area contributed by atoms with Crippen LogP contribution in [-0.2, 0) is 34.5 Å². The van der Waals surface area contributed by atoms with Gasteiger partial charge in [0.05, 0.1) is 90.0 Å². The van der Waals surface area contributed by atoms with Crippen LogP contribution in [0.25, 0.3) is 0 Å². The third-order valence-electron chi connectivity index (χ3n) is 13.8. The fourth-order valence-electron chi connectivity index (χ4n) is 9.08. The highest BCUT2D eigenvalue weighted by atomic mass is 35.5. The number of carbonyl (C=O) groups excluding carboxylic acids is 4. The number of rotatable bonds is 26. The first kappa shape index (κ1) is 64.5.